The summed E-state index contributed by atoms with van der Waals surface area (Å²) in [6.07, 6.45) is 4.02. The van der Waals surface area contributed by atoms with Gasteiger partial charge in [0.2, 0.25) is 5.91 Å². The molecule has 0 aliphatic carbocycles. The van der Waals surface area contributed by atoms with Gasteiger partial charge in [-0.2, -0.15) is 0 Å². The number of nitrogens with one attached hydrogen (secondary N) is 1. The average Bonchev–Trinajstić information content (AvgIpc) is 2.56. The van der Waals surface area contributed by atoms with Gasteiger partial charge in [-0.05, 0) is 63.4 Å². The van der Waals surface area contributed by atoms with E-state index >= 15 is 0 Å². The number of hydrogen-bond acceptors (Lipinski definition) is 3. The summed E-state index contributed by atoms with van der Waals surface area (Å²) in [7, 11) is 2.08. The number of carbonyl (C=O) groups is 1. The van der Waals surface area contributed by atoms with Crippen molar-refractivity contribution >= 4 is 23.2 Å². The molecule has 23 heavy (non-hydrogen) atoms. The number of rotatable bonds is 7. The van der Waals surface area contributed by atoms with Gasteiger partial charge >= 0.3 is 0 Å². The van der Waals surface area contributed by atoms with Crippen LogP contribution in [0.4, 0.5) is 5.69 Å². The van der Waals surface area contributed by atoms with Crippen molar-refractivity contribution in [3.63, 3.8) is 0 Å². The van der Waals surface area contributed by atoms with E-state index in [0.717, 1.165) is 43.5 Å². The Kier molecular flexibility index (Phi) is 7.34. The lowest BCUT2D eigenvalue weighted by atomic mass is 9.96. The summed E-state index contributed by atoms with van der Waals surface area (Å²) in [5, 5.41) is 3.62. The van der Waals surface area contributed by atoms with E-state index in [0.29, 0.717) is 11.4 Å². The highest BCUT2D eigenvalue weighted by Gasteiger charge is 2.14. The fourth-order valence-corrected chi connectivity index (χ4v) is 2.97. The minimum absolute atomic E-state index is 0.0354. The summed E-state index contributed by atoms with van der Waals surface area (Å²) in [6, 6.07) is 5.57. The molecule has 1 N–H and O–H groups in total. The molecule has 0 saturated carbocycles. The van der Waals surface area contributed by atoms with Crippen molar-refractivity contribution in [3.05, 3.63) is 28.8 Å². The highest BCUT2D eigenvalue weighted by atomic mass is 35.5. The van der Waals surface area contributed by atoms with Crippen LogP contribution in [0.3, 0.4) is 0 Å². The third-order valence-corrected chi connectivity index (χ3v) is 4.93. The first-order valence-corrected chi connectivity index (χ1v) is 8.75. The largest absolute Gasteiger partial charge is 0.381 e. The lowest BCUT2D eigenvalue weighted by Crippen LogP contribution is -2.27. The van der Waals surface area contributed by atoms with E-state index in [1.807, 2.05) is 25.1 Å². The molecule has 0 aromatic heterocycles. The number of anilines is 1. The van der Waals surface area contributed by atoms with E-state index in [4.69, 9.17) is 16.3 Å². The monoisotopic (exact) mass is 338 g/mol. The van der Waals surface area contributed by atoms with Gasteiger partial charge in [0.05, 0.1) is 0 Å². The molecule has 1 amide bonds. The van der Waals surface area contributed by atoms with Crippen molar-refractivity contribution < 1.29 is 9.53 Å². The van der Waals surface area contributed by atoms with Gasteiger partial charge in [-0.25, -0.2) is 0 Å². The van der Waals surface area contributed by atoms with Crippen LogP contribution >= 0.6 is 11.6 Å². The lowest BCUT2D eigenvalue weighted by molar-refractivity contribution is -0.116. The number of ether oxygens (including phenoxy) is 1. The van der Waals surface area contributed by atoms with Crippen LogP contribution < -0.4 is 5.32 Å². The van der Waals surface area contributed by atoms with Crippen LogP contribution in [0.1, 0.15) is 31.2 Å². The second-order valence-corrected chi connectivity index (χ2v) is 6.77. The predicted octanol–water partition coefficient (Wildman–Crippen LogP) is 3.73. The maximum Gasteiger partial charge on any atom is 0.225 e. The molecule has 1 aliphatic rings. The molecule has 0 bridgehead atoms. The maximum absolute atomic E-state index is 12.1. The van der Waals surface area contributed by atoms with E-state index in [1.54, 1.807) is 0 Å². The van der Waals surface area contributed by atoms with E-state index in [1.165, 1.54) is 19.3 Å². The Labute approximate surface area is 144 Å². The topological polar surface area (TPSA) is 41.6 Å². The molecule has 128 valence electrons. The Morgan fingerprint density at radius 2 is 2.09 bits per heavy atom. The molecule has 1 fully saturated rings. The van der Waals surface area contributed by atoms with Gasteiger partial charge in [0.25, 0.3) is 0 Å². The van der Waals surface area contributed by atoms with Crippen LogP contribution in [0, 0.1) is 12.8 Å². The van der Waals surface area contributed by atoms with Crippen LogP contribution in [0.25, 0.3) is 0 Å². The second kappa shape index (κ2) is 9.26. The smallest absolute Gasteiger partial charge is 0.225 e. The van der Waals surface area contributed by atoms with Crippen LogP contribution in [-0.4, -0.2) is 44.2 Å². The quantitative estimate of drug-likeness (QED) is 0.823. The van der Waals surface area contributed by atoms with Crippen molar-refractivity contribution in [2.45, 2.75) is 32.6 Å². The van der Waals surface area contributed by atoms with Crippen molar-refractivity contribution in [2.75, 3.05) is 38.7 Å². The minimum atomic E-state index is 0.0354. The first kappa shape index (κ1) is 18.2. The van der Waals surface area contributed by atoms with E-state index < -0.39 is 0 Å². The predicted molar refractivity (Wildman–Crippen MR) is 95.1 cm³/mol. The summed E-state index contributed by atoms with van der Waals surface area (Å²) in [5.74, 6) is 0.808. The summed E-state index contributed by atoms with van der Waals surface area (Å²) in [6.45, 7) is 5.52. The van der Waals surface area contributed by atoms with Gasteiger partial charge < -0.3 is 15.0 Å². The summed E-state index contributed by atoms with van der Waals surface area (Å²) >= 11 is 6.07. The Balaban J connectivity index is 1.68. The number of carbonyl (C=O) groups excluding carboxylic acids is 1. The van der Waals surface area contributed by atoms with Crippen LogP contribution in [0.15, 0.2) is 18.2 Å². The second-order valence-electron chi connectivity index (χ2n) is 6.36. The molecule has 4 nitrogen and oxygen atoms in total. The molecule has 1 aromatic rings. The third kappa shape index (κ3) is 6.13. The fourth-order valence-electron chi connectivity index (χ4n) is 2.80. The van der Waals surface area contributed by atoms with Crippen molar-refractivity contribution in [2.24, 2.45) is 5.92 Å². The number of hydrogen-bond donors (Lipinski definition) is 1. The third-order valence-electron chi connectivity index (χ3n) is 4.52. The standard InChI is InChI=1S/C18H27ClN2O2/c1-14-16(19)4-3-5-17(14)20-18(22)7-11-21(2)10-6-15-8-12-23-13-9-15/h3-5,15H,6-13H2,1-2H3,(H,20,22). The van der Waals surface area contributed by atoms with Gasteiger partial charge in [-0.3, -0.25) is 4.79 Å². The van der Waals surface area contributed by atoms with Crippen LogP contribution in [0.2, 0.25) is 5.02 Å². The van der Waals surface area contributed by atoms with Gasteiger partial charge in [-0.15, -0.1) is 0 Å². The molecule has 1 aliphatic heterocycles. The molecule has 0 atom stereocenters. The molecular formula is C18H27ClN2O2. The Bertz CT molecular complexity index is 516. The first-order chi connectivity index (χ1) is 11.1. The zero-order chi connectivity index (χ0) is 16.7. The minimum Gasteiger partial charge on any atom is -0.381 e. The Morgan fingerprint density at radius 3 is 2.83 bits per heavy atom. The molecule has 0 radical (unpaired) electrons. The number of halogens is 1. The van der Waals surface area contributed by atoms with Crippen molar-refractivity contribution in [1.82, 2.24) is 4.90 Å². The fraction of sp³-hybridized carbons (Fsp3) is 0.611. The van der Waals surface area contributed by atoms with Crippen LogP contribution in [0.5, 0.6) is 0 Å². The average molecular weight is 339 g/mol. The van der Waals surface area contributed by atoms with Gasteiger partial charge in [0.15, 0.2) is 0 Å². The molecular weight excluding hydrogens is 312 g/mol. The molecule has 5 heteroatoms. The molecule has 2 rings (SSSR count). The number of amides is 1. The zero-order valence-electron chi connectivity index (χ0n) is 14.1. The van der Waals surface area contributed by atoms with E-state index in [-0.39, 0.29) is 5.91 Å². The maximum atomic E-state index is 12.1. The molecule has 1 heterocycles. The van der Waals surface area contributed by atoms with Gasteiger partial charge in [0.1, 0.15) is 0 Å². The van der Waals surface area contributed by atoms with Gasteiger partial charge in [0, 0.05) is 36.9 Å². The zero-order valence-corrected chi connectivity index (χ0v) is 14.9. The van der Waals surface area contributed by atoms with Crippen LogP contribution in [-0.2, 0) is 9.53 Å². The summed E-state index contributed by atoms with van der Waals surface area (Å²) < 4.78 is 5.38. The lowest BCUT2D eigenvalue weighted by Gasteiger charge is -2.24. The molecule has 0 unspecified atom stereocenters. The molecule has 0 spiro atoms. The Hall–Kier alpha value is -1.10. The highest BCUT2D eigenvalue weighted by molar-refractivity contribution is 6.31. The van der Waals surface area contributed by atoms with E-state index in [9.17, 15) is 4.79 Å². The summed E-state index contributed by atoms with van der Waals surface area (Å²) in [4.78, 5) is 14.3. The number of benzene rings is 1. The SMILES string of the molecule is Cc1c(Cl)cccc1NC(=O)CCN(C)CCC1CCOCC1. The highest BCUT2D eigenvalue weighted by Crippen LogP contribution is 2.23. The Morgan fingerprint density at radius 1 is 1.35 bits per heavy atom. The normalized spacial score (nSPS) is 15.8. The van der Waals surface area contributed by atoms with Crippen molar-refractivity contribution in [3.8, 4) is 0 Å². The molecule has 1 aromatic carbocycles. The van der Waals surface area contributed by atoms with E-state index in [2.05, 4.69) is 17.3 Å². The number of nitrogens with zero attached hydrogens (tertiary/aromatic N) is 1. The first-order valence-electron chi connectivity index (χ1n) is 8.37. The van der Waals surface area contributed by atoms with Gasteiger partial charge in [-0.1, -0.05) is 17.7 Å². The molecule has 1 saturated heterocycles. The van der Waals surface area contributed by atoms with Crippen molar-refractivity contribution in [1.29, 1.82) is 0 Å². The summed E-state index contributed by atoms with van der Waals surface area (Å²) in [5.41, 5.74) is 1.71.